The van der Waals surface area contributed by atoms with Crippen LogP contribution in [0.2, 0.25) is 0 Å². The molecule has 1 saturated carbocycles. The molecule has 2 rings (SSSR count). The average Bonchev–Trinajstić information content (AvgIpc) is 2.69. The van der Waals surface area contributed by atoms with Crippen molar-refractivity contribution < 1.29 is 4.79 Å². The predicted octanol–water partition coefficient (Wildman–Crippen LogP) is 2.81. The van der Waals surface area contributed by atoms with Crippen molar-refractivity contribution in [1.82, 2.24) is 9.88 Å². The number of nitrogens with two attached hydrogens (primary N) is 1. The molecule has 5 heteroatoms. The van der Waals surface area contributed by atoms with Crippen LogP contribution in [0.15, 0.2) is 18.3 Å². The van der Waals surface area contributed by atoms with Crippen molar-refractivity contribution in [1.29, 1.82) is 0 Å². The smallest absolute Gasteiger partial charge is 0.228 e. The van der Waals surface area contributed by atoms with Crippen LogP contribution in [-0.4, -0.2) is 28.9 Å². The molecule has 1 amide bonds. The monoisotopic (exact) mass is 297 g/mol. The molecule has 0 bridgehead atoms. The van der Waals surface area contributed by atoms with Crippen LogP contribution in [0.5, 0.6) is 0 Å². The van der Waals surface area contributed by atoms with Crippen molar-refractivity contribution in [3.63, 3.8) is 0 Å². The van der Waals surface area contributed by atoms with E-state index in [4.69, 9.17) is 5.73 Å². The first-order valence-corrected chi connectivity index (χ1v) is 7.13. The van der Waals surface area contributed by atoms with Gasteiger partial charge < -0.3 is 10.6 Å². The van der Waals surface area contributed by atoms with Crippen LogP contribution >= 0.6 is 12.4 Å². The maximum atomic E-state index is 12.3. The van der Waals surface area contributed by atoms with Gasteiger partial charge in [-0.3, -0.25) is 9.78 Å². The van der Waals surface area contributed by atoms with E-state index in [1.54, 1.807) is 12.3 Å². The summed E-state index contributed by atoms with van der Waals surface area (Å²) >= 11 is 0. The topological polar surface area (TPSA) is 59.2 Å². The number of amides is 1. The summed E-state index contributed by atoms with van der Waals surface area (Å²) in [6.45, 7) is 0. The number of pyridine rings is 1. The fraction of sp³-hybridized carbons (Fsp3) is 0.600. The highest BCUT2D eigenvalue weighted by molar-refractivity contribution is 5.85. The Hall–Kier alpha value is -1.29. The van der Waals surface area contributed by atoms with E-state index in [9.17, 15) is 4.79 Å². The van der Waals surface area contributed by atoms with E-state index in [-0.39, 0.29) is 18.3 Å². The quantitative estimate of drug-likeness (QED) is 0.873. The zero-order valence-electron chi connectivity index (χ0n) is 12.0. The van der Waals surface area contributed by atoms with Gasteiger partial charge in [0, 0.05) is 18.8 Å². The highest BCUT2D eigenvalue weighted by Gasteiger charge is 2.21. The fourth-order valence-corrected chi connectivity index (χ4v) is 2.67. The molecule has 0 spiro atoms. The van der Waals surface area contributed by atoms with Gasteiger partial charge in [-0.25, -0.2) is 0 Å². The van der Waals surface area contributed by atoms with Gasteiger partial charge >= 0.3 is 0 Å². The molecule has 1 heterocycles. The summed E-state index contributed by atoms with van der Waals surface area (Å²) in [7, 11) is 1.93. The molecule has 1 aromatic heterocycles. The molecule has 0 radical (unpaired) electrons. The van der Waals surface area contributed by atoms with Gasteiger partial charge in [0.2, 0.25) is 5.91 Å². The first-order valence-electron chi connectivity index (χ1n) is 7.13. The van der Waals surface area contributed by atoms with Crippen molar-refractivity contribution in [2.75, 3.05) is 12.8 Å². The maximum absolute atomic E-state index is 12.3. The Kier molecular flexibility index (Phi) is 6.79. The second kappa shape index (κ2) is 8.10. The van der Waals surface area contributed by atoms with Gasteiger partial charge in [-0.1, -0.05) is 25.7 Å². The second-order valence-electron chi connectivity index (χ2n) is 5.41. The molecule has 1 aliphatic rings. The first-order chi connectivity index (χ1) is 9.16. The number of halogens is 1. The second-order valence-corrected chi connectivity index (χ2v) is 5.41. The summed E-state index contributed by atoms with van der Waals surface area (Å²) in [5, 5.41) is 0. The lowest BCUT2D eigenvalue weighted by atomic mass is 10.1. The molecular formula is C15H24ClN3O. The summed E-state index contributed by atoms with van der Waals surface area (Å²) in [6, 6.07) is 4.03. The van der Waals surface area contributed by atoms with Crippen LogP contribution in [-0.2, 0) is 11.2 Å². The van der Waals surface area contributed by atoms with Crippen LogP contribution in [0.3, 0.4) is 0 Å². The molecule has 1 aromatic rings. The minimum atomic E-state index is 0. The number of hydrogen-bond donors (Lipinski definition) is 1. The molecule has 112 valence electrons. The van der Waals surface area contributed by atoms with E-state index in [1.807, 2.05) is 18.0 Å². The third kappa shape index (κ3) is 4.67. The highest BCUT2D eigenvalue weighted by atomic mass is 35.5. The van der Waals surface area contributed by atoms with Crippen LogP contribution in [0.25, 0.3) is 0 Å². The van der Waals surface area contributed by atoms with Gasteiger partial charge in [0.1, 0.15) is 0 Å². The van der Waals surface area contributed by atoms with Crippen molar-refractivity contribution >= 4 is 24.0 Å². The Labute approximate surface area is 127 Å². The molecule has 0 unspecified atom stereocenters. The number of aromatic nitrogens is 1. The zero-order valence-corrected chi connectivity index (χ0v) is 12.9. The lowest BCUT2D eigenvalue weighted by Crippen LogP contribution is -2.37. The minimum absolute atomic E-state index is 0. The molecule has 0 saturated heterocycles. The van der Waals surface area contributed by atoms with Gasteiger partial charge in [-0.2, -0.15) is 0 Å². The van der Waals surface area contributed by atoms with Gasteiger partial charge in [0.05, 0.1) is 18.3 Å². The Morgan fingerprint density at radius 1 is 1.30 bits per heavy atom. The van der Waals surface area contributed by atoms with Gasteiger partial charge in [0.25, 0.3) is 0 Å². The standard InChI is InChI=1S/C15H23N3O.ClH/c1-18(14-6-4-2-3-5-7-14)15(19)10-13-9-8-12(16)11-17-13;/h8-9,11,14H,2-7,10,16H2,1H3;1H. The van der Waals surface area contributed by atoms with Gasteiger partial charge in [-0.05, 0) is 25.0 Å². The van der Waals surface area contributed by atoms with Crippen LogP contribution in [0.1, 0.15) is 44.2 Å². The normalized spacial score (nSPS) is 16.1. The lowest BCUT2D eigenvalue weighted by molar-refractivity contribution is -0.131. The van der Waals surface area contributed by atoms with E-state index in [2.05, 4.69) is 4.98 Å². The number of carbonyl (C=O) groups excluding carboxylic acids is 1. The van der Waals surface area contributed by atoms with Crippen molar-refractivity contribution in [2.45, 2.75) is 51.0 Å². The molecular weight excluding hydrogens is 274 g/mol. The SMILES string of the molecule is CN(C(=O)Cc1ccc(N)cn1)C1CCCCCC1.Cl. The summed E-state index contributed by atoms with van der Waals surface area (Å²) in [5.41, 5.74) is 7.02. The van der Waals surface area contributed by atoms with Gasteiger partial charge in [-0.15, -0.1) is 12.4 Å². The number of likely N-dealkylation sites (N-methyl/N-ethyl adjacent to an activating group) is 1. The Morgan fingerprint density at radius 2 is 1.95 bits per heavy atom. The Morgan fingerprint density at radius 3 is 2.50 bits per heavy atom. The number of rotatable bonds is 3. The summed E-state index contributed by atoms with van der Waals surface area (Å²) in [4.78, 5) is 18.4. The van der Waals surface area contributed by atoms with E-state index in [1.165, 1.54) is 25.7 Å². The number of carbonyl (C=O) groups is 1. The summed E-state index contributed by atoms with van der Waals surface area (Å²) in [6.07, 6.45) is 9.33. The third-order valence-electron chi connectivity index (χ3n) is 3.95. The van der Waals surface area contributed by atoms with E-state index in [0.717, 1.165) is 18.5 Å². The van der Waals surface area contributed by atoms with Crippen LogP contribution in [0, 0.1) is 0 Å². The van der Waals surface area contributed by atoms with Crippen molar-refractivity contribution in [3.8, 4) is 0 Å². The van der Waals surface area contributed by atoms with Crippen molar-refractivity contribution in [3.05, 3.63) is 24.0 Å². The Bertz CT molecular complexity index is 414. The first kappa shape index (κ1) is 16.8. The molecule has 0 aliphatic heterocycles. The third-order valence-corrected chi connectivity index (χ3v) is 3.95. The lowest BCUT2D eigenvalue weighted by Gasteiger charge is -2.27. The zero-order chi connectivity index (χ0) is 13.7. The molecule has 1 fully saturated rings. The largest absolute Gasteiger partial charge is 0.397 e. The number of nitrogen functional groups attached to an aromatic ring is 1. The van der Waals surface area contributed by atoms with E-state index < -0.39 is 0 Å². The predicted molar refractivity (Wildman–Crippen MR) is 83.9 cm³/mol. The summed E-state index contributed by atoms with van der Waals surface area (Å²) in [5.74, 6) is 0.157. The molecule has 2 N–H and O–H groups in total. The fourth-order valence-electron chi connectivity index (χ4n) is 2.67. The molecule has 0 atom stereocenters. The number of hydrogen-bond acceptors (Lipinski definition) is 3. The van der Waals surface area contributed by atoms with Crippen LogP contribution in [0.4, 0.5) is 5.69 Å². The number of nitrogens with zero attached hydrogens (tertiary/aromatic N) is 2. The van der Waals surface area contributed by atoms with Crippen LogP contribution < -0.4 is 5.73 Å². The molecule has 0 aromatic carbocycles. The minimum Gasteiger partial charge on any atom is -0.397 e. The molecule has 4 nitrogen and oxygen atoms in total. The van der Waals surface area contributed by atoms with Crippen molar-refractivity contribution in [2.24, 2.45) is 0 Å². The highest BCUT2D eigenvalue weighted by Crippen LogP contribution is 2.21. The van der Waals surface area contributed by atoms with E-state index in [0.29, 0.717) is 18.2 Å². The maximum Gasteiger partial charge on any atom is 0.228 e. The Balaban J connectivity index is 0.00000200. The number of anilines is 1. The molecule has 1 aliphatic carbocycles. The average molecular weight is 298 g/mol. The summed E-state index contributed by atoms with van der Waals surface area (Å²) < 4.78 is 0. The molecule has 20 heavy (non-hydrogen) atoms. The van der Waals surface area contributed by atoms with Gasteiger partial charge in [0.15, 0.2) is 0 Å². The van der Waals surface area contributed by atoms with E-state index >= 15 is 0 Å².